The highest BCUT2D eigenvalue weighted by atomic mass is 31.2. The van der Waals surface area contributed by atoms with Gasteiger partial charge in [-0.1, -0.05) is 24.3 Å². The summed E-state index contributed by atoms with van der Waals surface area (Å²) in [5, 5.41) is 22.3. The van der Waals surface area contributed by atoms with Gasteiger partial charge >= 0.3 is 7.75 Å². The molecule has 2 aromatic carbocycles. The number of hydrogen-bond donors (Lipinski definition) is 0. The number of hydrogen-bond acceptors (Lipinski definition) is 8. The first-order valence-corrected chi connectivity index (χ1v) is 12.3. The Kier molecular flexibility index (Phi) is 8.42. The number of piperidine rings is 1. The van der Waals surface area contributed by atoms with Gasteiger partial charge in [0, 0.05) is 48.5 Å². The van der Waals surface area contributed by atoms with E-state index in [-0.39, 0.29) is 54.6 Å². The van der Waals surface area contributed by atoms with E-state index in [1.165, 1.54) is 53.2 Å². The lowest BCUT2D eigenvalue weighted by molar-refractivity contribution is -0.385. The number of Topliss-reactive ketones (excluding diaryl/α,β-unsaturated/α-hetero) is 1. The fourth-order valence-corrected chi connectivity index (χ4v) is 5.28. The molecule has 0 radical (unpaired) electrons. The predicted molar refractivity (Wildman–Crippen MR) is 130 cm³/mol. The minimum Gasteiger partial charge on any atom is -0.297 e. The van der Waals surface area contributed by atoms with Gasteiger partial charge in [0.1, 0.15) is 0 Å². The Balaban J connectivity index is 2.09. The van der Waals surface area contributed by atoms with E-state index in [2.05, 4.69) is 0 Å². The smallest absolute Gasteiger partial charge is 0.297 e. The number of nitrogens with zero attached hydrogens (tertiary/aromatic N) is 3. The maximum absolute atomic E-state index is 13.5. The van der Waals surface area contributed by atoms with Gasteiger partial charge in [-0.05, 0) is 37.1 Å². The summed E-state index contributed by atoms with van der Waals surface area (Å²) in [6.07, 6.45) is 2.98. The summed E-state index contributed by atoms with van der Waals surface area (Å²) in [7, 11) is -3.77. The Labute approximate surface area is 201 Å². The summed E-state index contributed by atoms with van der Waals surface area (Å²) in [6, 6.07) is 11.6. The molecule has 35 heavy (non-hydrogen) atoms. The number of rotatable bonds is 9. The third kappa shape index (κ3) is 6.34. The SMILES string of the molecule is CCOP(=O)(OCC)N1C/C(=C\c2cccc([N+](=O)[O-])c2)C(=O)/C(=C/c2cccc([N+](=O)[O-])c2)C1. The number of nitro benzene ring substituents is 2. The molecule has 2 aromatic rings. The number of benzene rings is 2. The van der Waals surface area contributed by atoms with E-state index in [1.807, 2.05) is 0 Å². The average molecular weight is 501 g/mol. The Morgan fingerprint density at radius 3 is 1.69 bits per heavy atom. The molecular formula is C23H24N3O8P. The van der Waals surface area contributed by atoms with E-state index < -0.39 is 17.6 Å². The van der Waals surface area contributed by atoms with Gasteiger partial charge in [-0.25, -0.2) is 4.57 Å². The maximum atomic E-state index is 13.5. The van der Waals surface area contributed by atoms with E-state index in [4.69, 9.17) is 9.05 Å². The van der Waals surface area contributed by atoms with Crippen molar-refractivity contribution in [3.8, 4) is 0 Å². The zero-order valence-electron chi connectivity index (χ0n) is 19.2. The summed E-state index contributed by atoms with van der Waals surface area (Å²) < 4.78 is 25.8. The monoisotopic (exact) mass is 501 g/mol. The van der Waals surface area contributed by atoms with Crippen LogP contribution in [0.15, 0.2) is 59.7 Å². The summed E-state index contributed by atoms with van der Waals surface area (Å²) in [5.74, 6) is -0.376. The molecule has 1 heterocycles. The van der Waals surface area contributed by atoms with Crippen LogP contribution in [0.1, 0.15) is 25.0 Å². The van der Waals surface area contributed by atoms with E-state index >= 15 is 0 Å². The molecule has 0 atom stereocenters. The van der Waals surface area contributed by atoms with Crippen LogP contribution < -0.4 is 0 Å². The van der Waals surface area contributed by atoms with Crippen molar-refractivity contribution in [1.29, 1.82) is 0 Å². The number of carbonyl (C=O) groups excluding carboxylic acids is 1. The molecular weight excluding hydrogens is 477 g/mol. The molecule has 3 rings (SSSR count). The molecule has 1 aliphatic heterocycles. The maximum Gasteiger partial charge on any atom is 0.408 e. The Morgan fingerprint density at radius 1 is 0.886 bits per heavy atom. The van der Waals surface area contributed by atoms with Gasteiger partial charge in [-0.2, -0.15) is 4.67 Å². The molecule has 1 saturated heterocycles. The van der Waals surface area contributed by atoms with Crippen LogP contribution in [-0.2, 0) is 18.4 Å². The van der Waals surface area contributed by atoms with Crippen molar-refractivity contribution in [3.05, 3.63) is 91.0 Å². The van der Waals surface area contributed by atoms with Crippen LogP contribution in [-0.4, -0.2) is 46.6 Å². The van der Waals surface area contributed by atoms with Crippen molar-refractivity contribution in [2.24, 2.45) is 0 Å². The van der Waals surface area contributed by atoms with Crippen LogP contribution in [0.4, 0.5) is 11.4 Å². The molecule has 0 aromatic heterocycles. The summed E-state index contributed by atoms with van der Waals surface area (Å²) in [6.45, 7) is 3.39. The largest absolute Gasteiger partial charge is 0.408 e. The normalized spacial score (nSPS) is 17.1. The molecule has 184 valence electrons. The van der Waals surface area contributed by atoms with Crippen molar-refractivity contribution in [3.63, 3.8) is 0 Å². The van der Waals surface area contributed by atoms with Crippen molar-refractivity contribution >= 4 is 37.1 Å². The second-order valence-electron chi connectivity index (χ2n) is 7.50. The van der Waals surface area contributed by atoms with Crippen LogP contribution in [0.5, 0.6) is 0 Å². The standard InChI is InChI=1S/C23H24N3O8P/c1-3-33-35(32,34-4-2)24-15-19(11-17-7-5-9-21(13-17)25(28)29)23(27)20(16-24)12-18-8-6-10-22(14-18)26(30)31/h5-14H,3-4,15-16H2,1-2H3/b19-11+,20-12+. The topological polar surface area (TPSA) is 142 Å². The van der Waals surface area contributed by atoms with Gasteiger partial charge in [0.15, 0.2) is 5.78 Å². The minimum atomic E-state index is -3.77. The van der Waals surface area contributed by atoms with E-state index in [0.717, 1.165) is 0 Å². The van der Waals surface area contributed by atoms with Gasteiger partial charge in [0.05, 0.1) is 23.1 Å². The molecule has 0 N–H and O–H groups in total. The first kappa shape index (κ1) is 26.1. The van der Waals surface area contributed by atoms with Crippen LogP contribution in [0, 0.1) is 20.2 Å². The number of nitro groups is 2. The molecule has 11 nitrogen and oxygen atoms in total. The lowest BCUT2D eigenvalue weighted by Crippen LogP contribution is -2.36. The first-order valence-electron chi connectivity index (χ1n) is 10.8. The zero-order valence-corrected chi connectivity index (χ0v) is 20.1. The highest BCUT2D eigenvalue weighted by Crippen LogP contribution is 2.53. The third-order valence-corrected chi connectivity index (χ3v) is 7.21. The molecule has 0 aliphatic carbocycles. The predicted octanol–water partition coefficient (Wildman–Crippen LogP) is 5.04. The van der Waals surface area contributed by atoms with E-state index in [1.54, 1.807) is 26.0 Å². The highest BCUT2D eigenvalue weighted by Gasteiger charge is 2.39. The van der Waals surface area contributed by atoms with Crippen molar-refractivity contribution in [2.45, 2.75) is 13.8 Å². The molecule has 0 bridgehead atoms. The molecule has 0 spiro atoms. The van der Waals surface area contributed by atoms with Gasteiger partial charge in [0.25, 0.3) is 11.4 Å². The lowest BCUT2D eigenvalue weighted by Gasteiger charge is -2.34. The van der Waals surface area contributed by atoms with E-state index in [0.29, 0.717) is 11.1 Å². The van der Waals surface area contributed by atoms with Crippen LogP contribution in [0.25, 0.3) is 12.2 Å². The fraction of sp³-hybridized carbons (Fsp3) is 0.261. The Bertz CT molecular complexity index is 1170. The second-order valence-corrected chi connectivity index (χ2v) is 9.52. The fourth-order valence-electron chi connectivity index (χ4n) is 3.58. The second kappa shape index (κ2) is 11.3. The number of ketones is 1. The van der Waals surface area contributed by atoms with Crippen molar-refractivity contribution in [1.82, 2.24) is 4.67 Å². The van der Waals surface area contributed by atoms with Crippen LogP contribution in [0.2, 0.25) is 0 Å². The van der Waals surface area contributed by atoms with Crippen LogP contribution in [0.3, 0.4) is 0 Å². The van der Waals surface area contributed by atoms with Gasteiger partial charge in [-0.3, -0.25) is 34.1 Å². The van der Waals surface area contributed by atoms with Crippen LogP contribution >= 0.6 is 7.75 Å². The number of non-ortho nitro benzene ring substituents is 2. The summed E-state index contributed by atoms with van der Waals surface area (Å²) in [5.41, 5.74) is 0.992. The Hall–Kier alpha value is -3.50. The molecule has 0 unspecified atom stereocenters. The molecule has 1 aliphatic rings. The zero-order chi connectivity index (χ0) is 25.6. The molecule has 12 heteroatoms. The highest BCUT2D eigenvalue weighted by molar-refractivity contribution is 7.51. The first-order chi connectivity index (χ1) is 16.7. The molecule has 1 fully saturated rings. The third-order valence-electron chi connectivity index (χ3n) is 5.06. The van der Waals surface area contributed by atoms with Crippen molar-refractivity contribution < 1.29 is 28.3 Å². The summed E-state index contributed by atoms with van der Waals surface area (Å²) in [4.78, 5) is 34.6. The number of carbonyl (C=O) groups is 1. The molecule has 0 saturated carbocycles. The molecule has 0 amide bonds. The minimum absolute atomic E-state index is 0.0783. The Morgan fingerprint density at radius 2 is 1.31 bits per heavy atom. The quantitative estimate of drug-likeness (QED) is 0.200. The van der Waals surface area contributed by atoms with Crippen molar-refractivity contribution in [2.75, 3.05) is 26.3 Å². The lowest BCUT2D eigenvalue weighted by atomic mass is 9.95. The van der Waals surface area contributed by atoms with Gasteiger partial charge < -0.3 is 0 Å². The average Bonchev–Trinajstić information content (AvgIpc) is 2.82. The van der Waals surface area contributed by atoms with E-state index in [9.17, 15) is 29.6 Å². The van der Waals surface area contributed by atoms with Gasteiger partial charge in [-0.15, -0.1) is 0 Å². The van der Waals surface area contributed by atoms with Gasteiger partial charge in [0.2, 0.25) is 0 Å². The summed E-state index contributed by atoms with van der Waals surface area (Å²) >= 11 is 0.